The highest BCUT2D eigenvalue weighted by molar-refractivity contribution is 5.73. The Bertz CT molecular complexity index is 510. The summed E-state index contributed by atoms with van der Waals surface area (Å²) in [6.07, 6.45) is -2.84. The van der Waals surface area contributed by atoms with Crippen LogP contribution in [-0.4, -0.2) is 12.6 Å². The predicted molar refractivity (Wildman–Crippen MR) is 64.3 cm³/mol. The van der Waals surface area contributed by atoms with E-state index in [1.165, 1.54) is 6.07 Å². The number of esters is 1. The molecule has 0 radical (unpaired) electrons. The second-order valence-corrected chi connectivity index (χ2v) is 3.77. The highest BCUT2D eigenvalue weighted by atomic mass is 19.3. The minimum atomic E-state index is -2.75. The zero-order valence-corrected chi connectivity index (χ0v) is 10.5. The Morgan fingerprint density at radius 3 is 2.68 bits per heavy atom. The summed E-state index contributed by atoms with van der Waals surface area (Å²) in [6.45, 7) is 1.82. The SMILES string of the molecule is CCOC(=O)Cc1ccc(C(F)F)c(C#N)c1CN. The summed E-state index contributed by atoms with van der Waals surface area (Å²) in [5, 5.41) is 8.99. The van der Waals surface area contributed by atoms with Crippen molar-refractivity contribution in [3.05, 3.63) is 34.4 Å². The van der Waals surface area contributed by atoms with Gasteiger partial charge in [-0.05, 0) is 18.1 Å². The van der Waals surface area contributed by atoms with Gasteiger partial charge in [-0.3, -0.25) is 4.79 Å². The van der Waals surface area contributed by atoms with E-state index >= 15 is 0 Å². The van der Waals surface area contributed by atoms with Gasteiger partial charge in [0.15, 0.2) is 0 Å². The average Bonchev–Trinajstić information content (AvgIpc) is 2.37. The van der Waals surface area contributed by atoms with Crippen molar-refractivity contribution in [1.29, 1.82) is 5.26 Å². The number of hydrogen-bond donors (Lipinski definition) is 1. The number of halogens is 2. The number of benzene rings is 1. The van der Waals surface area contributed by atoms with E-state index in [1.807, 2.05) is 0 Å². The van der Waals surface area contributed by atoms with Crippen molar-refractivity contribution >= 4 is 5.97 Å². The number of nitriles is 1. The predicted octanol–water partition coefficient (Wildman–Crippen LogP) is 2.06. The van der Waals surface area contributed by atoms with Crippen LogP contribution in [0.1, 0.15) is 35.6 Å². The van der Waals surface area contributed by atoms with Crippen LogP contribution in [0, 0.1) is 11.3 Å². The Morgan fingerprint density at radius 1 is 1.53 bits per heavy atom. The monoisotopic (exact) mass is 268 g/mol. The Kier molecular flexibility index (Phi) is 5.39. The molecule has 4 nitrogen and oxygen atoms in total. The van der Waals surface area contributed by atoms with Crippen molar-refractivity contribution < 1.29 is 18.3 Å². The number of ether oxygens (including phenoxy) is 1. The third-order valence-electron chi connectivity index (χ3n) is 2.63. The maximum absolute atomic E-state index is 12.8. The minimum absolute atomic E-state index is 0.0848. The van der Waals surface area contributed by atoms with Crippen LogP contribution >= 0.6 is 0 Å². The molecule has 19 heavy (non-hydrogen) atoms. The number of carbonyl (C=O) groups excluding carboxylic acids is 1. The molecule has 0 aliphatic rings. The molecule has 0 aromatic heterocycles. The molecule has 0 fully saturated rings. The molecule has 0 bridgehead atoms. The number of hydrogen-bond acceptors (Lipinski definition) is 4. The summed E-state index contributed by atoms with van der Waals surface area (Å²) in [5.41, 5.74) is 5.70. The molecule has 6 heteroatoms. The third kappa shape index (κ3) is 3.48. The standard InChI is InChI=1S/C13H14F2N2O2/c1-2-19-12(18)5-8-3-4-9(13(14)15)11(7-17)10(8)6-16/h3-4,13H,2,5-6,16H2,1H3. The van der Waals surface area contributed by atoms with Crippen molar-refractivity contribution in [3.8, 4) is 6.07 Å². The summed E-state index contributed by atoms with van der Waals surface area (Å²) in [7, 11) is 0. The number of alkyl halides is 2. The molecule has 2 N–H and O–H groups in total. The van der Waals surface area contributed by atoms with Gasteiger partial charge in [-0.15, -0.1) is 0 Å². The fraction of sp³-hybridized carbons (Fsp3) is 0.385. The molecule has 0 heterocycles. The number of rotatable bonds is 5. The highest BCUT2D eigenvalue weighted by Crippen LogP contribution is 2.27. The maximum atomic E-state index is 12.8. The molecule has 1 aromatic rings. The summed E-state index contributed by atoms with van der Waals surface area (Å²) in [6, 6.07) is 4.27. The van der Waals surface area contributed by atoms with Crippen molar-refractivity contribution in [2.45, 2.75) is 26.3 Å². The van der Waals surface area contributed by atoms with E-state index in [0.29, 0.717) is 5.56 Å². The van der Waals surface area contributed by atoms with Crippen molar-refractivity contribution in [1.82, 2.24) is 0 Å². The van der Waals surface area contributed by atoms with E-state index in [-0.39, 0.29) is 36.3 Å². The Balaban J connectivity index is 3.21. The molecular formula is C13H14F2N2O2. The van der Waals surface area contributed by atoms with Gasteiger partial charge in [0, 0.05) is 12.1 Å². The molecule has 1 aromatic carbocycles. The number of nitrogens with zero attached hydrogens (tertiary/aromatic N) is 1. The zero-order valence-electron chi connectivity index (χ0n) is 10.5. The fourth-order valence-electron chi connectivity index (χ4n) is 1.79. The highest BCUT2D eigenvalue weighted by Gasteiger charge is 2.19. The first kappa shape index (κ1) is 15.1. The molecular weight excluding hydrogens is 254 g/mol. The number of carbonyl (C=O) groups is 1. The van der Waals surface area contributed by atoms with Crippen LogP contribution in [0.5, 0.6) is 0 Å². The lowest BCUT2D eigenvalue weighted by Crippen LogP contribution is -2.13. The van der Waals surface area contributed by atoms with Crippen molar-refractivity contribution in [2.24, 2.45) is 5.73 Å². The van der Waals surface area contributed by atoms with E-state index in [2.05, 4.69) is 0 Å². The summed E-state index contributed by atoms with van der Waals surface area (Å²) in [5.74, 6) is -0.481. The topological polar surface area (TPSA) is 76.1 Å². The second kappa shape index (κ2) is 6.81. The van der Waals surface area contributed by atoms with Crippen LogP contribution in [0.2, 0.25) is 0 Å². The molecule has 0 aliphatic carbocycles. The fourth-order valence-corrected chi connectivity index (χ4v) is 1.79. The third-order valence-corrected chi connectivity index (χ3v) is 2.63. The van der Waals surface area contributed by atoms with Gasteiger partial charge in [-0.1, -0.05) is 12.1 Å². The number of nitrogens with two attached hydrogens (primary N) is 1. The average molecular weight is 268 g/mol. The molecule has 102 valence electrons. The second-order valence-electron chi connectivity index (χ2n) is 3.77. The van der Waals surface area contributed by atoms with Gasteiger partial charge in [-0.25, -0.2) is 8.78 Å². The van der Waals surface area contributed by atoms with E-state index in [9.17, 15) is 13.6 Å². The van der Waals surface area contributed by atoms with E-state index in [1.54, 1.807) is 13.0 Å². The maximum Gasteiger partial charge on any atom is 0.310 e. The van der Waals surface area contributed by atoms with Gasteiger partial charge in [0.25, 0.3) is 6.43 Å². The van der Waals surface area contributed by atoms with Gasteiger partial charge in [0.1, 0.15) is 0 Å². The van der Waals surface area contributed by atoms with E-state index in [4.69, 9.17) is 15.7 Å². The van der Waals surface area contributed by atoms with Crippen LogP contribution in [0.3, 0.4) is 0 Å². The molecule has 0 saturated heterocycles. The zero-order chi connectivity index (χ0) is 14.4. The minimum Gasteiger partial charge on any atom is -0.466 e. The first-order valence-corrected chi connectivity index (χ1v) is 5.73. The molecule has 1 rings (SSSR count). The van der Waals surface area contributed by atoms with Crippen LogP contribution in [0.25, 0.3) is 0 Å². The molecule has 0 aliphatic heterocycles. The van der Waals surface area contributed by atoms with Crippen molar-refractivity contribution in [2.75, 3.05) is 6.61 Å². The lowest BCUT2D eigenvalue weighted by atomic mass is 9.95. The lowest BCUT2D eigenvalue weighted by Gasteiger charge is -2.12. The molecule has 0 saturated carbocycles. The van der Waals surface area contributed by atoms with Crippen LogP contribution in [0.15, 0.2) is 12.1 Å². The van der Waals surface area contributed by atoms with Gasteiger partial charge < -0.3 is 10.5 Å². The van der Waals surface area contributed by atoms with E-state index < -0.39 is 12.4 Å². The van der Waals surface area contributed by atoms with Crippen LogP contribution in [-0.2, 0) is 22.5 Å². The van der Waals surface area contributed by atoms with Crippen molar-refractivity contribution in [3.63, 3.8) is 0 Å². The summed E-state index contributed by atoms with van der Waals surface area (Å²) >= 11 is 0. The molecule has 0 amide bonds. The largest absolute Gasteiger partial charge is 0.466 e. The Morgan fingerprint density at radius 2 is 2.21 bits per heavy atom. The van der Waals surface area contributed by atoms with Gasteiger partial charge in [0.2, 0.25) is 0 Å². The lowest BCUT2D eigenvalue weighted by molar-refractivity contribution is -0.142. The normalized spacial score (nSPS) is 10.3. The smallest absolute Gasteiger partial charge is 0.310 e. The van der Waals surface area contributed by atoms with Gasteiger partial charge in [-0.2, -0.15) is 5.26 Å². The molecule has 0 unspecified atom stereocenters. The Labute approximate surface area is 109 Å². The molecule has 0 atom stereocenters. The summed E-state index contributed by atoms with van der Waals surface area (Å²) in [4.78, 5) is 11.4. The quantitative estimate of drug-likeness (QED) is 0.829. The Hall–Kier alpha value is -2.00. The molecule has 0 spiro atoms. The first-order chi connectivity index (χ1) is 9.04. The first-order valence-electron chi connectivity index (χ1n) is 5.73. The van der Waals surface area contributed by atoms with Crippen LogP contribution < -0.4 is 5.73 Å². The van der Waals surface area contributed by atoms with Crippen LogP contribution in [0.4, 0.5) is 8.78 Å². The van der Waals surface area contributed by atoms with E-state index in [0.717, 1.165) is 6.07 Å². The summed E-state index contributed by atoms with van der Waals surface area (Å²) < 4.78 is 30.3. The van der Waals surface area contributed by atoms with Gasteiger partial charge in [0.05, 0.1) is 24.7 Å². The van der Waals surface area contributed by atoms with Gasteiger partial charge >= 0.3 is 5.97 Å².